The number of hydrogen-bond donors (Lipinski definition) is 1. The molecule has 2 aromatic rings. The summed E-state index contributed by atoms with van der Waals surface area (Å²) in [6, 6.07) is 5.04. The lowest BCUT2D eigenvalue weighted by molar-refractivity contribution is 0.367. The van der Waals surface area contributed by atoms with Gasteiger partial charge in [-0.2, -0.15) is 5.26 Å². The molecule has 2 heterocycles. The predicted octanol–water partition coefficient (Wildman–Crippen LogP) is 0.679. The highest BCUT2D eigenvalue weighted by Gasteiger charge is 2.22. The van der Waals surface area contributed by atoms with Gasteiger partial charge < -0.3 is 10.2 Å². The van der Waals surface area contributed by atoms with Crippen LogP contribution < -0.4 is 5.73 Å². The van der Waals surface area contributed by atoms with Crippen LogP contribution in [0.5, 0.6) is 0 Å². The topological polar surface area (TPSA) is 93.7 Å². The van der Waals surface area contributed by atoms with Crippen molar-refractivity contribution in [3.8, 4) is 6.07 Å². The zero-order valence-corrected chi connectivity index (χ0v) is 8.74. The average Bonchev–Trinajstić information content (AvgIpc) is 2.88. The third-order valence-corrected chi connectivity index (χ3v) is 2.23. The van der Waals surface area contributed by atoms with E-state index in [1.807, 2.05) is 19.1 Å². The number of rotatable bonds is 3. The molecule has 2 N–H and O–H groups in total. The molecular formula is C10H11N5O. The van der Waals surface area contributed by atoms with Crippen LogP contribution in [0.2, 0.25) is 0 Å². The van der Waals surface area contributed by atoms with E-state index in [0.717, 1.165) is 0 Å². The molecule has 0 bridgehead atoms. The van der Waals surface area contributed by atoms with E-state index in [4.69, 9.17) is 15.4 Å². The number of nitriles is 1. The Hall–Kier alpha value is -2.13. The number of aromatic nitrogens is 3. The molecule has 6 heteroatoms. The standard InChI is InChI=1S/C10H11N5O/c1-7(12)10(8-3-2-4-16-8)15-6-13-9(5-11)14-15/h2-4,6-7,10H,12H2,1H3. The van der Waals surface area contributed by atoms with Crippen LogP contribution in [-0.4, -0.2) is 20.8 Å². The highest BCUT2D eigenvalue weighted by Crippen LogP contribution is 2.20. The van der Waals surface area contributed by atoms with E-state index in [2.05, 4.69) is 10.1 Å². The summed E-state index contributed by atoms with van der Waals surface area (Å²) < 4.78 is 6.85. The summed E-state index contributed by atoms with van der Waals surface area (Å²) in [7, 11) is 0. The Morgan fingerprint density at radius 1 is 1.62 bits per heavy atom. The largest absolute Gasteiger partial charge is 0.467 e. The van der Waals surface area contributed by atoms with Gasteiger partial charge in [0.05, 0.1) is 6.26 Å². The second kappa shape index (κ2) is 4.16. The molecule has 82 valence electrons. The van der Waals surface area contributed by atoms with Crippen molar-refractivity contribution < 1.29 is 4.42 Å². The first-order valence-corrected chi connectivity index (χ1v) is 4.82. The van der Waals surface area contributed by atoms with Crippen molar-refractivity contribution in [2.24, 2.45) is 5.73 Å². The SMILES string of the molecule is CC(N)C(c1ccco1)n1cnc(C#N)n1. The van der Waals surface area contributed by atoms with E-state index in [-0.39, 0.29) is 17.9 Å². The molecule has 0 radical (unpaired) electrons. The molecule has 0 amide bonds. The zero-order valence-electron chi connectivity index (χ0n) is 8.74. The lowest BCUT2D eigenvalue weighted by Gasteiger charge is -2.17. The van der Waals surface area contributed by atoms with Gasteiger partial charge in [-0.15, -0.1) is 5.10 Å². The summed E-state index contributed by atoms with van der Waals surface area (Å²) in [5, 5.41) is 12.7. The Balaban J connectivity index is 2.38. The Labute approximate surface area is 92.3 Å². The molecule has 6 nitrogen and oxygen atoms in total. The van der Waals surface area contributed by atoms with Crippen molar-refractivity contribution in [2.75, 3.05) is 0 Å². The molecule has 2 aromatic heterocycles. The van der Waals surface area contributed by atoms with Crippen LogP contribution in [-0.2, 0) is 0 Å². The normalized spacial score (nSPS) is 14.3. The second-order valence-electron chi connectivity index (χ2n) is 3.48. The van der Waals surface area contributed by atoms with Crippen LogP contribution in [0.15, 0.2) is 29.1 Å². The molecular weight excluding hydrogens is 206 g/mol. The maximum Gasteiger partial charge on any atom is 0.252 e. The molecule has 2 rings (SSSR count). The molecule has 0 fully saturated rings. The van der Waals surface area contributed by atoms with Gasteiger partial charge >= 0.3 is 0 Å². The summed E-state index contributed by atoms with van der Waals surface area (Å²) >= 11 is 0. The highest BCUT2D eigenvalue weighted by molar-refractivity contribution is 5.11. The minimum atomic E-state index is -0.246. The lowest BCUT2D eigenvalue weighted by atomic mass is 10.1. The van der Waals surface area contributed by atoms with E-state index in [9.17, 15) is 0 Å². The number of nitrogens with zero attached hydrogens (tertiary/aromatic N) is 4. The van der Waals surface area contributed by atoms with Gasteiger partial charge in [0.25, 0.3) is 5.82 Å². The van der Waals surface area contributed by atoms with Crippen molar-refractivity contribution in [3.05, 3.63) is 36.3 Å². The van der Waals surface area contributed by atoms with Crippen molar-refractivity contribution in [3.63, 3.8) is 0 Å². The van der Waals surface area contributed by atoms with Gasteiger partial charge in [0.1, 0.15) is 24.2 Å². The van der Waals surface area contributed by atoms with Gasteiger partial charge in [0.2, 0.25) is 0 Å². The first-order chi connectivity index (χ1) is 7.72. The summed E-state index contributed by atoms with van der Waals surface area (Å²) in [5.74, 6) is 0.821. The maximum atomic E-state index is 8.66. The van der Waals surface area contributed by atoms with Crippen LogP contribution in [0.4, 0.5) is 0 Å². The van der Waals surface area contributed by atoms with Crippen LogP contribution in [0.3, 0.4) is 0 Å². The summed E-state index contributed by atoms with van der Waals surface area (Å²) in [6.07, 6.45) is 3.06. The molecule has 0 aliphatic carbocycles. The molecule has 0 aliphatic rings. The van der Waals surface area contributed by atoms with Gasteiger partial charge in [-0.05, 0) is 19.1 Å². The molecule has 16 heavy (non-hydrogen) atoms. The first-order valence-electron chi connectivity index (χ1n) is 4.82. The van der Waals surface area contributed by atoms with E-state index < -0.39 is 0 Å². The van der Waals surface area contributed by atoms with E-state index in [1.165, 1.54) is 6.33 Å². The monoisotopic (exact) mass is 217 g/mol. The number of nitrogens with two attached hydrogens (primary N) is 1. The first kappa shape index (κ1) is 10.4. The Kier molecular flexibility index (Phi) is 2.70. The summed E-state index contributed by atoms with van der Waals surface area (Å²) in [4.78, 5) is 3.84. The molecule has 0 saturated heterocycles. The molecule has 0 aromatic carbocycles. The number of hydrogen-bond acceptors (Lipinski definition) is 5. The fourth-order valence-corrected chi connectivity index (χ4v) is 1.55. The van der Waals surface area contributed by atoms with Crippen LogP contribution >= 0.6 is 0 Å². The molecule has 0 saturated carbocycles. The van der Waals surface area contributed by atoms with Gasteiger partial charge in [0.15, 0.2) is 0 Å². The van der Waals surface area contributed by atoms with Crippen LogP contribution in [0.25, 0.3) is 0 Å². The third-order valence-electron chi connectivity index (χ3n) is 2.23. The van der Waals surface area contributed by atoms with Crippen molar-refractivity contribution in [2.45, 2.75) is 19.0 Å². The maximum absolute atomic E-state index is 8.66. The van der Waals surface area contributed by atoms with Crippen molar-refractivity contribution >= 4 is 0 Å². The molecule has 0 aliphatic heterocycles. The Morgan fingerprint density at radius 3 is 2.94 bits per heavy atom. The van der Waals surface area contributed by atoms with Gasteiger partial charge in [-0.1, -0.05) is 0 Å². The summed E-state index contributed by atoms with van der Waals surface area (Å²) in [5.41, 5.74) is 5.88. The van der Waals surface area contributed by atoms with Gasteiger partial charge in [0, 0.05) is 6.04 Å². The van der Waals surface area contributed by atoms with E-state index in [1.54, 1.807) is 17.0 Å². The third kappa shape index (κ3) is 1.81. The van der Waals surface area contributed by atoms with Crippen molar-refractivity contribution in [1.29, 1.82) is 5.26 Å². The molecule has 0 spiro atoms. The van der Waals surface area contributed by atoms with Crippen LogP contribution in [0, 0.1) is 11.3 Å². The fraction of sp³-hybridized carbons (Fsp3) is 0.300. The Morgan fingerprint density at radius 2 is 2.44 bits per heavy atom. The average molecular weight is 217 g/mol. The number of furan rings is 1. The van der Waals surface area contributed by atoms with Crippen LogP contribution in [0.1, 0.15) is 24.6 Å². The van der Waals surface area contributed by atoms with Gasteiger partial charge in [-0.25, -0.2) is 9.67 Å². The second-order valence-corrected chi connectivity index (χ2v) is 3.48. The fourth-order valence-electron chi connectivity index (χ4n) is 1.55. The Bertz CT molecular complexity index is 494. The zero-order chi connectivity index (χ0) is 11.5. The highest BCUT2D eigenvalue weighted by atomic mass is 16.3. The predicted molar refractivity (Wildman–Crippen MR) is 55.2 cm³/mol. The van der Waals surface area contributed by atoms with E-state index >= 15 is 0 Å². The summed E-state index contributed by atoms with van der Waals surface area (Å²) in [6.45, 7) is 1.85. The molecule has 2 unspecified atom stereocenters. The lowest BCUT2D eigenvalue weighted by Crippen LogP contribution is -2.30. The smallest absolute Gasteiger partial charge is 0.252 e. The minimum absolute atomic E-state index is 0.122. The van der Waals surface area contributed by atoms with Crippen molar-refractivity contribution in [1.82, 2.24) is 14.8 Å². The minimum Gasteiger partial charge on any atom is -0.467 e. The molecule has 2 atom stereocenters. The van der Waals surface area contributed by atoms with Gasteiger partial charge in [-0.3, -0.25) is 0 Å². The van der Waals surface area contributed by atoms with E-state index in [0.29, 0.717) is 5.76 Å². The quantitative estimate of drug-likeness (QED) is 0.815.